The molecule has 2 aromatic rings. The summed E-state index contributed by atoms with van der Waals surface area (Å²) in [5, 5.41) is 0. The Kier molecular flexibility index (Phi) is 3.63. The predicted octanol–water partition coefficient (Wildman–Crippen LogP) is 2.62. The maximum atomic E-state index is 12.6. The molecule has 0 radical (unpaired) electrons. The van der Waals surface area contributed by atoms with Gasteiger partial charge in [-0.2, -0.15) is 0 Å². The summed E-state index contributed by atoms with van der Waals surface area (Å²) >= 11 is 3.37. The lowest BCUT2D eigenvalue weighted by molar-refractivity contribution is 0.0990. The third-order valence-electron chi connectivity index (χ3n) is 3.48. The Balaban J connectivity index is 2.00. The minimum atomic E-state index is -0.352. The van der Waals surface area contributed by atoms with Crippen LogP contribution in [0.25, 0.3) is 0 Å². The molecule has 1 amide bonds. The minimum Gasteiger partial charge on any atom is -0.311 e. The SMILES string of the molecule is CN(C(=O)c1cc(Br)cn(C2CC2)c1=O)c1ccccn1. The average molecular weight is 348 g/mol. The van der Waals surface area contributed by atoms with Crippen LogP contribution in [0, 0.1) is 0 Å². The van der Waals surface area contributed by atoms with E-state index in [0.717, 1.165) is 17.3 Å². The molecule has 5 nitrogen and oxygen atoms in total. The van der Waals surface area contributed by atoms with Crippen molar-refractivity contribution >= 4 is 27.7 Å². The molecule has 0 atom stereocenters. The van der Waals surface area contributed by atoms with Gasteiger partial charge in [-0.25, -0.2) is 4.98 Å². The highest BCUT2D eigenvalue weighted by atomic mass is 79.9. The number of aromatic nitrogens is 2. The van der Waals surface area contributed by atoms with Crippen molar-refractivity contribution in [1.82, 2.24) is 9.55 Å². The molecule has 1 saturated carbocycles. The van der Waals surface area contributed by atoms with Gasteiger partial charge in [0, 0.05) is 30.0 Å². The summed E-state index contributed by atoms with van der Waals surface area (Å²) < 4.78 is 2.37. The van der Waals surface area contributed by atoms with Crippen molar-refractivity contribution < 1.29 is 4.79 Å². The number of amides is 1. The third kappa shape index (κ3) is 2.76. The van der Waals surface area contributed by atoms with Crippen LogP contribution in [0.2, 0.25) is 0 Å². The number of hydrogen-bond donors (Lipinski definition) is 0. The standard InChI is InChI=1S/C15H14BrN3O2/c1-18(13-4-2-3-7-17-13)14(20)12-8-10(16)9-19(15(12)21)11-5-6-11/h2-4,7-9,11H,5-6H2,1H3. The number of nitrogens with zero attached hydrogens (tertiary/aromatic N) is 3. The van der Waals surface area contributed by atoms with Crippen molar-refractivity contribution in [3.63, 3.8) is 0 Å². The second-order valence-electron chi connectivity index (χ2n) is 5.07. The molecule has 0 aliphatic heterocycles. The van der Waals surface area contributed by atoms with E-state index in [0.29, 0.717) is 5.82 Å². The first-order valence-electron chi connectivity index (χ1n) is 6.68. The smallest absolute Gasteiger partial charge is 0.264 e. The fourth-order valence-electron chi connectivity index (χ4n) is 2.18. The van der Waals surface area contributed by atoms with E-state index in [9.17, 15) is 9.59 Å². The number of halogens is 1. The van der Waals surface area contributed by atoms with Crippen LogP contribution in [0.5, 0.6) is 0 Å². The number of carbonyl (C=O) groups is 1. The van der Waals surface area contributed by atoms with Gasteiger partial charge in [0.1, 0.15) is 11.4 Å². The fourth-order valence-corrected chi connectivity index (χ4v) is 2.63. The molecule has 3 rings (SSSR count). The lowest BCUT2D eigenvalue weighted by Gasteiger charge is -2.16. The molecule has 0 unspecified atom stereocenters. The Morgan fingerprint density at radius 2 is 2.19 bits per heavy atom. The summed E-state index contributed by atoms with van der Waals surface area (Å²) in [6.07, 6.45) is 5.33. The number of pyridine rings is 2. The molecule has 0 spiro atoms. The summed E-state index contributed by atoms with van der Waals surface area (Å²) in [5.41, 5.74) is -0.0853. The molecule has 1 fully saturated rings. The van der Waals surface area contributed by atoms with Gasteiger partial charge < -0.3 is 4.57 Å². The molecule has 0 aromatic carbocycles. The van der Waals surface area contributed by atoms with Crippen LogP contribution in [0.1, 0.15) is 29.2 Å². The molecule has 2 aromatic heterocycles. The molecule has 21 heavy (non-hydrogen) atoms. The molecule has 0 saturated heterocycles. The fraction of sp³-hybridized carbons (Fsp3) is 0.267. The van der Waals surface area contributed by atoms with Crippen LogP contribution in [0.3, 0.4) is 0 Å². The number of hydrogen-bond acceptors (Lipinski definition) is 3. The van der Waals surface area contributed by atoms with E-state index < -0.39 is 0 Å². The first kappa shape index (κ1) is 14.0. The second-order valence-corrected chi connectivity index (χ2v) is 5.98. The molecule has 6 heteroatoms. The van der Waals surface area contributed by atoms with Gasteiger partial charge in [-0.15, -0.1) is 0 Å². The van der Waals surface area contributed by atoms with Gasteiger partial charge in [0.15, 0.2) is 0 Å². The van der Waals surface area contributed by atoms with Gasteiger partial charge >= 0.3 is 0 Å². The van der Waals surface area contributed by atoms with E-state index in [1.807, 2.05) is 0 Å². The number of carbonyl (C=O) groups excluding carboxylic acids is 1. The van der Waals surface area contributed by atoms with E-state index >= 15 is 0 Å². The Morgan fingerprint density at radius 1 is 1.43 bits per heavy atom. The first-order valence-corrected chi connectivity index (χ1v) is 7.48. The van der Waals surface area contributed by atoms with Gasteiger partial charge in [-0.1, -0.05) is 6.07 Å². The summed E-state index contributed by atoms with van der Waals surface area (Å²) in [6.45, 7) is 0. The van der Waals surface area contributed by atoms with Crippen molar-refractivity contribution in [2.75, 3.05) is 11.9 Å². The summed E-state index contributed by atoms with van der Waals surface area (Å²) in [5.74, 6) is 0.161. The molecule has 1 aliphatic carbocycles. The minimum absolute atomic E-state index is 0.157. The molecular weight excluding hydrogens is 334 g/mol. The average Bonchev–Trinajstić information content (AvgIpc) is 3.33. The van der Waals surface area contributed by atoms with Gasteiger partial charge in [0.2, 0.25) is 0 Å². The third-order valence-corrected chi connectivity index (χ3v) is 3.91. The zero-order valence-corrected chi connectivity index (χ0v) is 13.1. The van der Waals surface area contributed by atoms with Crippen LogP contribution in [0.15, 0.2) is 45.9 Å². The largest absolute Gasteiger partial charge is 0.311 e. The Labute approximate surface area is 130 Å². The Morgan fingerprint density at radius 3 is 2.81 bits per heavy atom. The van der Waals surface area contributed by atoms with Crippen molar-refractivity contribution in [3.05, 3.63) is 57.0 Å². The van der Waals surface area contributed by atoms with Crippen molar-refractivity contribution in [1.29, 1.82) is 0 Å². The van der Waals surface area contributed by atoms with Crippen LogP contribution in [-0.4, -0.2) is 22.5 Å². The van der Waals surface area contributed by atoms with E-state index in [1.165, 1.54) is 4.90 Å². The number of anilines is 1. The van der Waals surface area contributed by atoms with Gasteiger partial charge in [0.25, 0.3) is 11.5 Å². The quantitative estimate of drug-likeness (QED) is 0.857. The van der Waals surface area contributed by atoms with E-state index in [-0.39, 0.29) is 23.1 Å². The summed E-state index contributed by atoms with van der Waals surface area (Å²) in [7, 11) is 1.62. The van der Waals surface area contributed by atoms with E-state index in [2.05, 4.69) is 20.9 Å². The Bertz CT molecular complexity index is 738. The van der Waals surface area contributed by atoms with Crippen molar-refractivity contribution in [3.8, 4) is 0 Å². The van der Waals surface area contributed by atoms with Crippen LogP contribution in [-0.2, 0) is 0 Å². The lowest BCUT2D eigenvalue weighted by Crippen LogP contribution is -2.34. The first-order chi connectivity index (χ1) is 10.1. The maximum absolute atomic E-state index is 12.6. The highest BCUT2D eigenvalue weighted by molar-refractivity contribution is 9.10. The van der Waals surface area contributed by atoms with Crippen LogP contribution >= 0.6 is 15.9 Å². The highest BCUT2D eigenvalue weighted by Gasteiger charge is 2.27. The van der Waals surface area contributed by atoms with Crippen LogP contribution in [0.4, 0.5) is 5.82 Å². The molecule has 0 N–H and O–H groups in total. The highest BCUT2D eigenvalue weighted by Crippen LogP contribution is 2.34. The van der Waals surface area contributed by atoms with Gasteiger partial charge in [-0.05, 0) is 47.0 Å². The molecule has 2 heterocycles. The molecule has 108 valence electrons. The van der Waals surface area contributed by atoms with Gasteiger partial charge in [-0.3, -0.25) is 14.5 Å². The van der Waals surface area contributed by atoms with Crippen LogP contribution < -0.4 is 10.5 Å². The molecule has 1 aliphatic rings. The number of rotatable bonds is 3. The van der Waals surface area contributed by atoms with E-state index in [1.54, 1.807) is 48.3 Å². The Hall–Kier alpha value is -1.95. The van der Waals surface area contributed by atoms with Crippen molar-refractivity contribution in [2.24, 2.45) is 0 Å². The monoisotopic (exact) mass is 347 g/mol. The summed E-state index contributed by atoms with van der Waals surface area (Å²) in [4.78, 5) is 30.5. The zero-order chi connectivity index (χ0) is 15.0. The molecular formula is C15H14BrN3O2. The summed E-state index contributed by atoms with van der Waals surface area (Å²) in [6, 6.07) is 7.11. The van der Waals surface area contributed by atoms with Gasteiger partial charge in [0.05, 0.1) is 0 Å². The topological polar surface area (TPSA) is 55.2 Å². The predicted molar refractivity (Wildman–Crippen MR) is 83.6 cm³/mol. The van der Waals surface area contributed by atoms with Crippen molar-refractivity contribution in [2.45, 2.75) is 18.9 Å². The lowest BCUT2D eigenvalue weighted by atomic mass is 10.2. The zero-order valence-electron chi connectivity index (χ0n) is 11.5. The maximum Gasteiger partial charge on any atom is 0.264 e. The second kappa shape index (κ2) is 5.44. The van der Waals surface area contributed by atoms with E-state index in [4.69, 9.17) is 0 Å². The normalized spacial score (nSPS) is 14.0. The molecule has 0 bridgehead atoms.